The molecule has 0 amide bonds. The van der Waals surface area contributed by atoms with Crippen molar-refractivity contribution in [2.45, 2.75) is 19.9 Å². The van der Waals surface area contributed by atoms with E-state index in [9.17, 15) is 14.9 Å². The molecule has 21 heavy (non-hydrogen) atoms. The van der Waals surface area contributed by atoms with E-state index in [0.29, 0.717) is 0 Å². The third kappa shape index (κ3) is 3.45. The second-order valence-electron chi connectivity index (χ2n) is 4.60. The molecule has 1 unspecified atom stereocenters. The number of benzene rings is 1. The molecule has 0 bridgehead atoms. The summed E-state index contributed by atoms with van der Waals surface area (Å²) in [6.07, 6.45) is 0. The maximum Gasteiger partial charge on any atom is 0.326 e. The number of aliphatic carboxylic acids is 1. The average Bonchev–Trinajstić information content (AvgIpc) is 2.42. The van der Waals surface area contributed by atoms with Crippen LogP contribution >= 0.6 is 0 Å². The predicted molar refractivity (Wildman–Crippen MR) is 72.4 cm³/mol. The van der Waals surface area contributed by atoms with E-state index < -0.39 is 22.6 Å². The molecule has 0 saturated heterocycles. The smallest absolute Gasteiger partial charge is 0.326 e. The molecular weight excluding hydrogens is 276 g/mol. The summed E-state index contributed by atoms with van der Waals surface area (Å²) < 4.78 is 0. The lowest BCUT2D eigenvalue weighted by molar-refractivity contribution is -0.384. The first kappa shape index (κ1) is 15.9. The highest BCUT2D eigenvalue weighted by Crippen LogP contribution is 2.29. The van der Waals surface area contributed by atoms with Crippen molar-refractivity contribution in [2.75, 3.05) is 5.32 Å². The van der Waals surface area contributed by atoms with E-state index in [4.69, 9.17) is 15.6 Å². The Hall–Kier alpha value is -3.13. The summed E-state index contributed by atoms with van der Waals surface area (Å²) >= 11 is 0. The average molecular weight is 288 g/mol. The van der Waals surface area contributed by atoms with E-state index in [-0.39, 0.29) is 22.7 Å². The SMILES string of the molecule is CC(C)C(Nc1cc(C#N)c(C#N)cc1[N+](=O)[O-])C(=O)O. The zero-order chi connectivity index (χ0) is 16.2. The van der Waals surface area contributed by atoms with Crippen molar-refractivity contribution in [3.05, 3.63) is 33.4 Å². The molecule has 0 fully saturated rings. The van der Waals surface area contributed by atoms with E-state index in [2.05, 4.69) is 5.32 Å². The number of nitro groups is 1. The quantitative estimate of drug-likeness (QED) is 0.622. The summed E-state index contributed by atoms with van der Waals surface area (Å²) in [5.74, 6) is -1.49. The number of carboxylic acid groups (broad SMARTS) is 1. The molecule has 1 rings (SSSR count). The summed E-state index contributed by atoms with van der Waals surface area (Å²) in [4.78, 5) is 21.5. The molecule has 0 aliphatic heterocycles. The minimum Gasteiger partial charge on any atom is -0.480 e. The highest BCUT2D eigenvalue weighted by Gasteiger charge is 2.26. The number of rotatable bonds is 5. The monoisotopic (exact) mass is 288 g/mol. The minimum atomic E-state index is -1.16. The number of nitriles is 2. The maximum absolute atomic E-state index is 11.2. The van der Waals surface area contributed by atoms with Gasteiger partial charge in [0.2, 0.25) is 0 Å². The van der Waals surface area contributed by atoms with Gasteiger partial charge in [0.1, 0.15) is 23.9 Å². The van der Waals surface area contributed by atoms with Crippen LogP contribution in [0.4, 0.5) is 11.4 Å². The zero-order valence-corrected chi connectivity index (χ0v) is 11.3. The second-order valence-corrected chi connectivity index (χ2v) is 4.60. The topological polar surface area (TPSA) is 140 Å². The molecule has 1 aromatic rings. The molecule has 8 nitrogen and oxygen atoms in total. The Morgan fingerprint density at radius 1 is 1.33 bits per heavy atom. The van der Waals surface area contributed by atoms with E-state index in [1.54, 1.807) is 26.0 Å². The van der Waals surface area contributed by atoms with Crippen molar-refractivity contribution >= 4 is 17.3 Å². The van der Waals surface area contributed by atoms with Crippen LogP contribution < -0.4 is 5.32 Å². The van der Waals surface area contributed by atoms with Crippen molar-refractivity contribution in [3.63, 3.8) is 0 Å². The Morgan fingerprint density at radius 2 is 1.86 bits per heavy atom. The number of carboxylic acids is 1. The van der Waals surface area contributed by atoms with Gasteiger partial charge in [0, 0.05) is 6.07 Å². The molecule has 0 saturated carbocycles. The molecule has 0 aliphatic carbocycles. The third-order valence-electron chi connectivity index (χ3n) is 2.82. The van der Waals surface area contributed by atoms with Crippen LogP contribution in [-0.2, 0) is 4.79 Å². The summed E-state index contributed by atoms with van der Waals surface area (Å²) in [5, 5.41) is 40.5. The number of nitrogens with zero attached hydrogens (tertiary/aromatic N) is 3. The molecule has 0 spiro atoms. The highest BCUT2D eigenvalue weighted by atomic mass is 16.6. The molecule has 1 atom stereocenters. The van der Waals surface area contributed by atoms with Crippen molar-refractivity contribution in [1.82, 2.24) is 0 Å². The summed E-state index contributed by atoms with van der Waals surface area (Å²) in [5.41, 5.74) is -0.737. The fourth-order valence-electron chi connectivity index (χ4n) is 1.72. The first-order valence-electron chi connectivity index (χ1n) is 5.93. The number of nitro benzene ring substituents is 1. The maximum atomic E-state index is 11.2. The van der Waals surface area contributed by atoms with E-state index in [1.807, 2.05) is 0 Å². The van der Waals surface area contributed by atoms with Gasteiger partial charge in [0.25, 0.3) is 5.69 Å². The lowest BCUT2D eigenvalue weighted by Crippen LogP contribution is -2.34. The summed E-state index contributed by atoms with van der Waals surface area (Å²) in [7, 11) is 0. The Bertz CT molecular complexity index is 670. The van der Waals surface area contributed by atoms with Crippen molar-refractivity contribution in [2.24, 2.45) is 5.92 Å². The van der Waals surface area contributed by atoms with Crippen molar-refractivity contribution in [1.29, 1.82) is 10.5 Å². The van der Waals surface area contributed by atoms with Gasteiger partial charge in [-0.2, -0.15) is 10.5 Å². The van der Waals surface area contributed by atoms with Crippen LogP contribution in [0.5, 0.6) is 0 Å². The van der Waals surface area contributed by atoms with Crippen LogP contribution in [0.1, 0.15) is 25.0 Å². The van der Waals surface area contributed by atoms with E-state index >= 15 is 0 Å². The van der Waals surface area contributed by atoms with Gasteiger partial charge in [-0.05, 0) is 12.0 Å². The Morgan fingerprint density at radius 3 is 2.24 bits per heavy atom. The van der Waals surface area contributed by atoms with Crippen LogP contribution in [0.25, 0.3) is 0 Å². The van der Waals surface area contributed by atoms with Gasteiger partial charge < -0.3 is 10.4 Å². The molecule has 8 heteroatoms. The lowest BCUT2D eigenvalue weighted by atomic mass is 10.0. The van der Waals surface area contributed by atoms with Crippen LogP contribution in [-0.4, -0.2) is 22.0 Å². The molecule has 0 radical (unpaired) electrons. The van der Waals surface area contributed by atoms with Gasteiger partial charge in [-0.3, -0.25) is 10.1 Å². The Kier molecular flexibility index (Phi) is 4.81. The molecular formula is C13H12N4O4. The first-order chi connectivity index (χ1) is 9.81. The van der Waals surface area contributed by atoms with Gasteiger partial charge >= 0.3 is 5.97 Å². The van der Waals surface area contributed by atoms with E-state index in [0.717, 1.165) is 12.1 Å². The first-order valence-corrected chi connectivity index (χ1v) is 5.93. The standard InChI is InChI=1S/C13H12N4O4/c1-7(2)12(13(18)19)16-10-3-8(5-14)9(6-15)4-11(10)17(20)21/h3-4,7,12,16H,1-2H3,(H,18,19). The van der Waals surface area contributed by atoms with Gasteiger partial charge in [-0.25, -0.2) is 4.79 Å². The fourth-order valence-corrected chi connectivity index (χ4v) is 1.72. The number of carbonyl (C=O) groups is 1. The Balaban J connectivity index is 3.41. The number of hydrogen-bond acceptors (Lipinski definition) is 6. The van der Waals surface area contributed by atoms with Gasteiger partial charge in [0.15, 0.2) is 0 Å². The number of nitrogens with one attached hydrogen (secondary N) is 1. The van der Waals surface area contributed by atoms with Crippen LogP contribution in [0.15, 0.2) is 12.1 Å². The predicted octanol–water partition coefficient (Wildman–Crippen LogP) is 1.86. The Labute approximate surface area is 120 Å². The molecule has 0 aliphatic rings. The normalized spacial score (nSPS) is 11.3. The number of hydrogen-bond donors (Lipinski definition) is 2. The van der Waals surface area contributed by atoms with Crippen LogP contribution in [0.2, 0.25) is 0 Å². The minimum absolute atomic E-state index is 0.0569. The molecule has 1 aromatic carbocycles. The van der Waals surface area contributed by atoms with Crippen molar-refractivity contribution in [3.8, 4) is 12.1 Å². The molecule has 0 heterocycles. The summed E-state index contributed by atoms with van der Waals surface area (Å²) in [6, 6.07) is 4.47. The lowest BCUT2D eigenvalue weighted by Gasteiger charge is -2.19. The van der Waals surface area contributed by atoms with Crippen LogP contribution in [0.3, 0.4) is 0 Å². The largest absolute Gasteiger partial charge is 0.480 e. The highest BCUT2D eigenvalue weighted by molar-refractivity contribution is 5.80. The number of anilines is 1. The summed E-state index contributed by atoms with van der Waals surface area (Å²) in [6.45, 7) is 3.29. The van der Waals surface area contributed by atoms with E-state index in [1.165, 1.54) is 0 Å². The molecule has 2 N–H and O–H groups in total. The second kappa shape index (κ2) is 6.35. The molecule has 108 valence electrons. The van der Waals surface area contributed by atoms with Gasteiger partial charge in [-0.1, -0.05) is 13.8 Å². The molecule has 0 aromatic heterocycles. The van der Waals surface area contributed by atoms with Gasteiger partial charge in [-0.15, -0.1) is 0 Å². The zero-order valence-electron chi connectivity index (χ0n) is 11.3. The fraction of sp³-hybridized carbons (Fsp3) is 0.308. The van der Waals surface area contributed by atoms with Crippen LogP contribution in [0, 0.1) is 38.7 Å². The van der Waals surface area contributed by atoms with Gasteiger partial charge in [0.05, 0.1) is 16.1 Å². The van der Waals surface area contributed by atoms with Crippen molar-refractivity contribution < 1.29 is 14.8 Å². The third-order valence-corrected chi connectivity index (χ3v) is 2.82.